The number of nitrogen functional groups attached to an aromatic ring is 1. The highest BCUT2D eigenvalue weighted by Crippen LogP contribution is 2.14. The van der Waals surface area contributed by atoms with Crippen LogP contribution in [0.3, 0.4) is 0 Å². The molecule has 2 N–H and O–H groups in total. The number of carbonyl (C=O) groups excluding carboxylic acids is 1. The average Bonchev–Trinajstić information content (AvgIpc) is 1.94. The molecule has 0 spiro atoms. The van der Waals surface area contributed by atoms with Crippen LogP contribution in [0.15, 0.2) is 23.1 Å². The van der Waals surface area contributed by atoms with Gasteiger partial charge in [-0.2, -0.15) is 0 Å². The fourth-order valence-corrected chi connectivity index (χ4v) is 0.859. The first-order chi connectivity index (χ1) is 4.74. The zero-order valence-corrected chi connectivity index (χ0v) is 6.14. The topological polar surface area (TPSA) is 43.1 Å². The van der Waals surface area contributed by atoms with Crippen molar-refractivity contribution in [1.82, 2.24) is 0 Å². The van der Waals surface area contributed by atoms with Gasteiger partial charge in [0.2, 0.25) is 0 Å². The van der Waals surface area contributed by atoms with Gasteiger partial charge in [0.1, 0.15) is 0 Å². The van der Waals surface area contributed by atoms with Crippen LogP contribution >= 0.6 is 12.6 Å². The molecule has 0 heterocycles. The highest BCUT2D eigenvalue weighted by Gasteiger charge is 1.95. The van der Waals surface area contributed by atoms with Crippen molar-refractivity contribution in [2.75, 3.05) is 5.73 Å². The molecule has 1 rings (SSSR count). The predicted molar refractivity (Wildman–Crippen MR) is 43.5 cm³/mol. The van der Waals surface area contributed by atoms with E-state index in [4.69, 9.17) is 5.73 Å². The van der Waals surface area contributed by atoms with Crippen LogP contribution in [0.4, 0.5) is 5.69 Å². The first kappa shape index (κ1) is 7.15. The number of aldehydes is 1. The van der Waals surface area contributed by atoms with Crippen LogP contribution in [-0.2, 0) is 0 Å². The fraction of sp³-hybridized carbons (Fsp3) is 0. The molecule has 0 aliphatic rings. The Morgan fingerprint density at radius 3 is 2.70 bits per heavy atom. The van der Waals surface area contributed by atoms with Crippen molar-refractivity contribution in [3.63, 3.8) is 0 Å². The first-order valence-electron chi connectivity index (χ1n) is 2.77. The van der Waals surface area contributed by atoms with Crippen LogP contribution in [0.2, 0.25) is 0 Å². The Bertz CT molecular complexity index is 260. The molecular weight excluding hydrogens is 146 g/mol. The molecule has 1 aromatic carbocycles. The van der Waals surface area contributed by atoms with Gasteiger partial charge in [0.15, 0.2) is 6.29 Å². The van der Waals surface area contributed by atoms with Crippen molar-refractivity contribution < 1.29 is 4.79 Å². The second-order valence-corrected chi connectivity index (χ2v) is 2.42. The van der Waals surface area contributed by atoms with Crippen molar-refractivity contribution in [3.05, 3.63) is 23.8 Å². The van der Waals surface area contributed by atoms with Crippen LogP contribution in [0, 0.1) is 0 Å². The summed E-state index contributed by atoms with van der Waals surface area (Å²) in [6, 6.07) is 4.99. The maximum Gasteiger partial charge on any atom is 0.151 e. The van der Waals surface area contributed by atoms with Crippen LogP contribution in [0.1, 0.15) is 10.4 Å². The fourth-order valence-electron chi connectivity index (χ4n) is 0.667. The quantitative estimate of drug-likeness (QED) is 0.363. The monoisotopic (exact) mass is 153 g/mol. The number of anilines is 1. The molecule has 0 radical (unpaired) electrons. The molecule has 0 unspecified atom stereocenters. The Kier molecular flexibility index (Phi) is 1.97. The normalized spacial score (nSPS) is 9.30. The van der Waals surface area contributed by atoms with Gasteiger partial charge in [0.05, 0.1) is 0 Å². The van der Waals surface area contributed by atoms with E-state index >= 15 is 0 Å². The summed E-state index contributed by atoms with van der Waals surface area (Å²) in [4.78, 5) is 10.9. The van der Waals surface area contributed by atoms with Crippen LogP contribution in [-0.4, -0.2) is 6.29 Å². The molecule has 0 saturated carbocycles. The SMILES string of the molecule is Nc1ccc(S)c(C=O)c1. The lowest BCUT2D eigenvalue weighted by molar-refractivity contribution is 0.112. The van der Waals surface area contributed by atoms with Gasteiger partial charge in [0, 0.05) is 16.1 Å². The van der Waals surface area contributed by atoms with Gasteiger partial charge < -0.3 is 5.73 Å². The maximum atomic E-state index is 10.3. The lowest BCUT2D eigenvalue weighted by Gasteiger charge is -1.96. The highest BCUT2D eigenvalue weighted by atomic mass is 32.1. The van der Waals surface area contributed by atoms with Crippen molar-refractivity contribution in [2.24, 2.45) is 0 Å². The third-order valence-electron chi connectivity index (χ3n) is 1.18. The standard InChI is InChI=1S/C7H7NOS/c8-6-1-2-7(10)5(3-6)4-9/h1-4,10H,8H2. The number of nitrogens with two attached hydrogens (primary N) is 1. The third-order valence-corrected chi connectivity index (χ3v) is 1.59. The molecule has 0 aliphatic carbocycles. The van der Waals surface area contributed by atoms with Crippen LogP contribution in [0.25, 0.3) is 0 Å². The Morgan fingerprint density at radius 2 is 2.20 bits per heavy atom. The molecule has 2 nitrogen and oxygen atoms in total. The van der Waals surface area contributed by atoms with E-state index in [1.807, 2.05) is 0 Å². The number of benzene rings is 1. The Hall–Kier alpha value is -0.960. The average molecular weight is 153 g/mol. The first-order valence-corrected chi connectivity index (χ1v) is 3.22. The molecule has 52 valence electrons. The lowest BCUT2D eigenvalue weighted by Crippen LogP contribution is -1.88. The second kappa shape index (κ2) is 2.75. The summed E-state index contributed by atoms with van der Waals surface area (Å²) in [5.74, 6) is 0. The summed E-state index contributed by atoms with van der Waals surface area (Å²) in [5.41, 5.74) is 6.52. The van der Waals surface area contributed by atoms with Crippen molar-refractivity contribution >= 4 is 24.6 Å². The highest BCUT2D eigenvalue weighted by molar-refractivity contribution is 7.80. The molecule has 0 amide bonds. The number of rotatable bonds is 1. The molecule has 0 atom stereocenters. The molecule has 0 bridgehead atoms. The summed E-state index contributed by atoms with van der Waals surface area (Å²) in [6.07, 6.45) is 0.735. The van der Waals surface area contributed by atoms with E-state index in [1.165, 1.54) is 0 Å². The van der Waals surface area contributed by atoms with E-state index in [-0.39, 0.29) is 0 Å². The van der Waals surface area contributed by atoms with Gasteiger partial charge in [-0.15, -0.1) is 12.6 Å². The summed E-state index contributed by atoms with van der Waals surface area (Å²) in [5, 5.41) is 0. The molecule has 0 aromatic heterocycles. The Morgan fingerprint density at radius 1 is 1.50 bits per heavy atom. The summed E-state index contributed by atoms with van der Waals surface area (Å²) >= 11 is 4.04. The Balaban J connectivity index is 3.21. The molecule has 3 heteroatoms. The zero-order valence-electron chi connectivity index (χ0n) is 5.24. The van der Waals surface area contributed by atoms with E-state index in [1.54, 1.807) is 18.2 Å². The number of carbonyl (C=O) groups is 1. The summed E-state index contributed by atoms with van der Waals surface area (Å²) in [7, 11) is 0. The third kappa shape index (κ3) is 1.30. The summed E-state index contributed by atoms with van der Waals surface area (Å²) in [6.45, 7) is 0. The second-order valence-electron chi connectivity index (χ2n) is 1.94. The minimum Gasteiger partial charge on any atom is -0.399 e. The molecule has 1 aromatic rings. The van der Waals surface area contributed by atoms with Crippen molar-refractivity contribution in [2.45, 2.75) is 4.90 Å². The molecule has 0 fully saturated rings. The largest absolute Gasteiger partial charge is 0.399 e. The minimum atomic E-state index is 0.531. The predicted octanol–water partition coefficient (Wildman–Crippen LogP) is 1.37. The van der Waals surface area contributed by atoms with E-state index in [2.05, 4.69) is 12.6 Å². The number of hydrogen-bond donors (Lipinski definition) is 2. The maximum absolute atomic E-state index is 10.3. The smallest absolute Gasteiger partial charge is 0.151 e. The van der Waals surface area contributed by atoms with Crippen molar-refractivity contribution in [3.8, 4) is 0 Å². The number of thiol groups is 1. The van der Waals surface area contributed by atoms with Crippen LogP contribution in [0.5, 0.6) is 0 Å². The minimum absolute atomic E-state index is 0.531. The zero-order chi connectivity index (χ0) is 7.56. The molecule has 10 heavy (non-hydrogen) atoms. The van der Waals surface area contributed by atoms with Gasteiger partial charge in [-0.25, -0.2) is 0 Å². The van der Waals surface area contributed by atoms with Gasteiger partial charge in [-0.1, -0.05) is 0 Å². The molecule has 0 aliphatic heterocycles. The van der Waals surface area contributed by atoms with E-state index in [9.17, 15) is 4.79 Å². The van der Waals surface area contributed by atoms with Gasteiger partial charge in [-0.05, 0) is 18.2 Å². The lowest BCUT2D eigenvalue weighted by atomic mass is 10.2. The van der Waals surface area contributed by atoms with Gasteiger partial charge in [0.25, 0.3) is 0 Å². The van der Waals surface area contributed by atoms with E-state index in [0.717, 1.165) is 6.29 Å². The van der Waals surface area contributed by atoms with Crippen molar-refractivity contribution in [1.29, 1.82) is 0 Å². The molecule has 0 saturated heterocycles. The van der Waals surface area contributed by atoms with Gasteiger partial charge in [-0.3, -0.25) is 4.79 Å². The van der Waals surface area contributed by atoms with E-state index < -0.39 is 0 Å². The van der Waals surface area contributed by atoms with Crippen LogP contribution < -0.4 is 5.73 Å². The van der Waals surface area contributed by atoms with Gasteiger partial charge >= 0.3 is 0 Å². The van der Waals surface area contributed by atoms with E-state index in [0.29, 0.717) is 16.1 Å². The molecular formula is C7H7NOS. The number of hydrogen-bond acceptors (Lipinski definition) is 3. The Labute approximate surface area is 64.5 Å². The summed E-state index contributed by atoms with van der Waals surface area (Å²) < 4.78 is 0.